The Labute approximate surface area is 159 Å². The standard InChI is InChI=1S/C19H19F2N5O2/c1-11(10-26(2)17-5-3-4-6-22-17)24-18(27)19(28)25-16-9-23-15-8-14(21)13(20)7-12(15)16/h3-9,11,23H,10H2,1-2H3,(H,24,27)(H,25,28). The molecular weight excluding hydrogens is 368 g/mol. The molecule has 2 amide bonds. The van der Waals surface area contributed by atoms with E-state index in [0.717, 1.165) is 18.0 Å². The van der Waals surface area contributed by atoms with Crippen molar-refractivity contribution in [2.75, 3.05) is 23.8 Å². The first-order valence-electron chi connectivity index (χ1n) is 8.55. The van der Waals surface area contributed by atoms with Crippen LogP contribution in [0.2, 0.25) is 0 Å². The van der Waals surface area contributed by atoms with Gasteiger partial charge < -0.3 is 20.5 Å². The molecule has 1 atom stereocenters. The second kappa shape index (κ2) is 8.03. The van der Waals surface area contributed by atoms with Crippen LogP contribution in [0.5, 0.6) is 0 Å². The number of aromatic amines is 1. The fraction of sp³-hybridized carbons (Fsp3) is 0.211. The fourth-order valence-electron chi connectivity index (χ4n) is 2.82. The van der Waals surface area contributed by atoms with Crippen LogP contribution in [0, 0.1) is 11.6 Å². The van der Waals surface area contributed by atoms with E-state index in [-0.39, 0.29) is 17.1 Å². The van der Waals surface area contributed by atoms with E-state index in [0.29, 0.717) is 12.1 Å². The van der Waals surface area contributed by atoms with Crippen LogP contribution in [-0.2, 0) is 9.59 Å². The molecule has 1 aromatic carbocycles. The number of aromatic nitrogens is 2. The minimum atomic E-state index is -1.04. The average Bonchev–Trinajstić information content (AvgIpc) is 3.04. The van der Waals surface area contributed by atoms with E-state index in [4.69, 9.17) is 0 Å². The number of rotatable bonds is 5. The molecule has 3 rings (SSSR count). The molecule has 1 unspecified atom stereocenters. The summed E-state index contributed by atoms with van der Waals surface area (Å²) in [6, 6.07) is 7.10. The number of amides is 2. The van der Waals surface area contributed by atoms with Crippen molar-refractivity contribution < 1.29 is 18.4 Å². The zero-order valence-corrected chi connectivity index (χ0v) is 15.3. The molecule has 3 N–H and O–H groups in total. The van der Waals surface area contributed by atoms with Gasteiger partial charge in [-0.3, -0.25) is 9.59 Å². The fourth-order valence-corrected chi connectivity index (χ4v) is 2.82. The van der Waals surface area contributed by atoms with Gasteiger partial charge in [0.2, 0.25) is 0 Å². The molecule has 2 heterocycles. The molecule has 28 heavy (non-hydrogen) atoms. The Hall–Kier alpha value is -3.49. The lowest BCUT2D eigenvalue weighted by Crippen LogP contribution is -2.45. The molecule has 0 saturated carbocycles. The van der Waals surface area contributed by atoms with Crippen molar-refractivity contribution in [2.24, 2.45) is 0 Å². The summed E-state index contributed by atoms with van der Waals surface area (Å²) in [5, 5.41) is 5.27. The molecule has 0 radical (unpaired) electrons. The van der Waals surface area contributed by atoms with Crippen LogP contribution in [0.1, 0.15) is 6.92 Å². The van der Waals surface area contributed by atoms with Crippen LogP contribution < -0.4 is 15.5 Å². The maximum Gasteiger partial charge on any atom is 0.313 e. The molecule has 0 bridgehead atoms. The number of pyridine rings is 1. The van der Waals surface area contributed by atoms with Crippen LogP contribution in [0.15, 0.2) is 42.7 Å². The first-order valence-corrected chi connectivity index (χ1v) is 8.55. The van der Waals surface area contributed by atoms with Gasteiger partial charge >= 0.3 is 11.8 Å². The maximum atomic E-state index is 13.4. The number of halogens is 2. The third-order valence-electron chi connectivity index (χ3n) is 4.14. The number of anilines is 2. The van der Waals surface area contributed by atoms with Crippen molar-refractivity contribution in [3.05, 3.63) is 54.4 Å². The van der Waals surface area contributed by atoms with Crippen LogP contribution >= 0.6 is 0 Å². The van der Waals surface area contributed by atoms with Gasteiger partial charge in [-0.25, -0.2) is 13.8 Å². The molecule has 0 aliphatic rings. The number of H-pyrrole nitrogens is 1. The second-order valence-corrected chi connectivity index (χ2v) is 6.41. The van der Waals surface area contributed by atoms with Crippen molar-refractivity contribution >= 4 is 34.2 Å². The molecule has 9 heteroatoms. The second-order valence-electron chi connectivity index (χ2n) is 6.41. The summed E-state index contributed by atoms with van der Waals surface area (Å²) in [6.07, 6.45) is 3.03. The minimum absolute atomic E-state index is 0.187. The Morgan fingerprint density at radius 2 is 1.96 bits per heavy atom. The number of nitrogens with one attached hydrogen (secondary N) is 3. The topological polar surface area (TPSA) is 90.1 Å². The molecule has 2 aromatic heterocycles. The number of likely N-dealkylation sites (N-methyl/N-ethyl adjacent to an activating group) is 1. The summed E-state index contributed by atoms with van der Waals surface area (Å²) in [6.45, 7) is 2.20. The van der Waals surface area contributed by atoms with Gasteiger partial charge in [0.15, 0.2) is 11.6 Å². The first kappa shape index (κ1) is 19.3. The summed E-state index contributed by atoms with van der Waals surface area (Å²) in [5.74, 6) is -3.05. The van der Waals surface area contributed by atoms with Crippen LogP contribution in [0.3, 0.4) is 0 Å². The zero-order chi connectivity index (χ0) is 20.3. The van der Waals surface area contributed by atoms with Crippen LogP contribution in [-0.4, -0.2) is 41.4 Å². The van der Waals surface area contributed by atoms with Crippen molar-refractivity contribution in [3.63, 3.8) is 0 Å². The maximum absolute atomic E-state index is 13.4. The highest BCUT2D eigenvalue weighted by Gasteiger charge is 2.19. The molecule has 0 saturated heterocycles. The molecular formula is C19H19F2N5O2. The largest absolute Gasteiger partial charge is 0.359 e. The van der Waals surface area contributed by atoms with Crippen LogP contribution in [0.4, 0.5) is 20.3 Å². The molecule has 7 nitrogen and oxygen atoms in total. The number of hydrogen-bond donors (Lipinski definition) is 3. The Bertz CT molecular complexity index is 1010. The van der Waals surface area contributed by atoms with E-state index in [1.807, 2.05) is 24.1 Å². The van der Waals surface area contributed by atoms with E-state index in [2.05, 4.69) is 20.6 Å². The lowest BCUT2D eigenvalue weighted by Gasteiger charge is -2.22. The molecule has 3 aromatic rings. The van der Waals surface area contributed by atoms with Crippen molar-refractivity contribution in [1.29, 1.82) is 0 Å². The normalized spacial score (nSPS) is 11.9. The number of nitrogens with zero attached hydrogens (tertiary/aromatic N) is 2. The van der Waals surface area contributed by atoms with E-state index in [1.165, 1.54) is 6.20 Å². The van der Waals surface area contributed by atoms with E-state index >= 15 is 0 Å². The van der Waals surface area contributed by atoms with Gasteiger partial charge in [0.05, 0.1) is 11.2 Å². The summed E-state index contributed by atoms with van der Waals surface area (Å²) in [7, 11) is 1.82. The summed E-state index contributed by atoms with van der Waals surface area (Å²) >= 11 is 0. The molecule has 0 aliphatic heterocycles. The van der Waals surface area contributed by atoms with Crippen molar-refractivity contribution in [2.45, 2.75) is 13.0 Å². The van der Waals surface area contributed by atoms with Crippen molar-refractivity contribution in [1.82, 2.24) is 15.3 Å². The smallest absolute Gasteiger partial charge is 0.313 e. The van der Waals surface area contributed by atoms with Gasteiger partial charge in [-0.1, -0.05) is 6.07 Å². The monoisotopic (exact) mass is 387 g/mol. The highest BCUT2D eigenvalue weighted by Crippen LogP contribution is 2.25. The molecule has 0 fully saturated rings. The third-order valence-corrected chi connectivity index (χ3v) is 4.14. The van der Waals surface area contributed by atoms with Gasteiger partial charge in [0, 0.05) is 43.5 Å². The predicted molar refractivity (Wildman–Crippen MR) is 102 cm³/mol. The highest BCUT2D eigenvalue weighted by molar-refractivity contribution is 6.40. The van der Waals surface area contributed by atoms with Gasteiger partial charge in [-0.05, 0) is 25.1 Å². The van der Waals surface area contributed by atoms with E-state index < -0.39 is 23.4 Å². The van der Waals surface area contributed by atoms with Crippen LogP contribution in [0.25, 0.3) is 10.9 Å². The zero-order valence-electron chi connectivity index (χ0n) is 15.3. The van der Waals surface area contributed by atoms with Gasteiger partial charge in [-0.15, -0.1) is 0 Å². The Balaban J connectivity index is 1.60. The SMILES string of the molecule is CC(CN(C)c1ccccn1)NC(=O)C(=O)Nc1c[nH]c2cc(F)c(F)cc12. The van der Waals surface area contributed by atoms with Gasteiger partial charge in [-0.2, -0.15) is 0 Å². The van der Waals surface area contributed by atoms with Gasteiger partial charge in [0.25, 0.3) is 0 Å². The predicted octanol–water partition coefficient (Wildman–Crippen LogP) is 2.42. The van der Waals surface area contributed by atoms with E-state index in [1.54, 1.807) is 19.2 Å². The number of carbonyl (C=O) groups is 2. The van der Waals surface area contributed by atoms with Gasteiger partial charge in [0.1, 0.15) is 5.82 Å². The lowest BCUT2D eigenvalue weighted by molar-refractivity contribution is -0.136. The minimum Gasteiger partial charge on any atom is -0.359 e. The first-order chi connectivity index (χ1) is 13.3. The number of benzene rings is 1. The third kappa shape index (κ3) is 4.25. The molecule has 146 valence electrons. The van der Waals surface area contributed by atoms with Crippen molar-refractivity contribution in [3.8, 4) is 0 Å². The highest BCUT2D eigenvalue weighted by atomic mass is 19.2. The lowest BCUT2D eigenvalue weighted by atomic mass is 10.2. The summed E-state index contributed by atoms with van der Waals surface area (Å²) < 4.78 is 26.7. The number of hydrogen-bond acceptors (Lipinski definition) is 4. The Morgan fingerprint density at radius 3 is 2.68 bits per heavy atom. The Morgan fingerprint density at radius 1 is 1.21 bits per heavy atom. The van der Waals surface area contributed by atoms with E-state index in [9.17, 15) is 18.4 Å². The number of carbonyl (C=O) groups excluding carboxylic acids is 2. The Kier molecular flexibility index (Phi) is 5.53. The molecule has 0 spiro atoms. The molecule has 0 aliphatic carbocycles. The quantitative estimate of drug-likeness (QED) is 0.587. The average molecular weight is 387 g/mol. The summed E-state index contributed by atoms with van der Waals surface area (Å²) in [4.78, 5) is 33.1. The summed E-state index contributed by atoms with van der Waals surface area (Å²) in [5.41, 5.74) is 0.493. The number of fused-ring (bicyclic) bond motifs is 1.